The number of hydrogen-bond donors (Lipinski definition) is 1. The summed E-state index contributed by atoms with van der Waals surface area (Å²) < 4.78 is 17.2. The molecule has 9 heteroatoms. The Balaban J connectivity index is 1.56. The first-order valence-corrected chi connectivity index (χ1v) is 12.4. The normalized spacial score (nSPS) is 18.8. The molecular weight excluding hydrogens is 492 g/mol. The van der Waals surface area contributed by atoms with Gasteiger partial charge in [-0.15, -0.1) is 0 Å². The van der Waals surface area contributed by atoms with Crippen molar-refractivity contribution in [3.05, 3.63) is 73.7 Å². The van der Waals surface area contributed by atoms with Crippen molar-refractivity contribution >= 4 is 52.0 Å². The average Bonchev–Trinajstić information content (AvgIpc) is 3.67. The molecule has 1 aliphatic carbocycles. The number of nitrogens with zero attached hydrogens (tertiary/aromatic N) is 3. The molecule has 0 bridgehead atoms. The van der Waals surface area contributed by atoms with Crippen molar-refractivity contribution in [2.24, 2.45) is 4.99 Å². The third kappa shape index (κ3) is 4.67. The second kappa shape index (κ2) is 9.63. The van der Waals surface area contributed by atoms with Crippen molar-refractivity contribution in [1.82, 2.24) is 4.57 Å². The largest absolute Gasteiger partial charge is 0.477 e. The number of carboxylic acids is 1. The number of fused-ring (bicyclic) bond motifs is 1. The van der Waals surface area contributed by atoms with Gasteiger partial charge in [-0.2, -0.15) is 0 Å². The van der Waals surface area contributed by atoms with Gasteiger partial charge >= 0.3 is 5.97 Å². The number of anilines is 1. The minimum atomic E-state index is -1.33. The van der Waals surface area contributed by atoms with Crippen molar-refractivity contribution < 1.29 is 14.3 Å². The Morgan fingerprint density at radius 2 is 1.94 bits per heavy atom. The van der Waals surface area contributed by atoms with E-state index in [0.717, 1.165) is 43.7 Å². The van der Waals surface area contributed by atoms with Gasteiger partial charge in [0.25, 0.3) is 0 Å². The Kier molecular flexibility index (Phi) is 6.55. The molecule has 0 spiro atoms. The maximum atomic E-state index is 15.5. The summed E-state index contributed by atoms with van der Waals surface area (Å²) in [6, 6.07) is 8.55. The molecule has 2 fully saturated rings. The van der Waals surface area contributed by atoms with E-state index >= 15 is 4.39 Å². The lowest BCUT2D eigenvalue weighted by atomic mass is 10.1. The highest BCUT2D eigenvalue weighted by atomic mass is 35.5. The maximum absolute atomic E-state index is 15.5. The molecule has 0 radical (unpaired) electrons. The van der Waals surface area contributed by atoms with E-state index in [9.17, 15) is 14.7 Å². The van der Waals surface area contributed by atoms with Gasteiger partial charge in [0.15, 0.2) is 0 Å². The van der Waals surface area contributed by atoms with E-state index in [4.69, 9.17) is 28.2 Å². The SMILES string of the molecule is O=C(O)c1cn(C2CC2)c2c(Cl)c(N3CCCC[C@@H](/N=C/c4ccccc4Cl)C3)c(F)cc2c1=O. The number of hydrogen-bond acceptors (Lipinski definition) is 4. The van der Waals surface area contributed by atoms with E-state index in [1.807, 2.05) is 29.2 Å². The fraction of sp³-hybridized carbons (Fsp3) is 0.346. The fourth-order valence-electron chi connectivity index (χ4n) is 4.72. The number of carbonyl (C=O) groups is 1. The Morgan fingerprint density at radius 1 is 1.17 bits per heavy atom. The van der Waals surface area contributed by atoms with Gasteiger partial charge in [-0.1, -0.05) is 41.4 Å². The lowest BCUT2D eigenvalue weighted by Gasteiger charge is -2.27. The summed E-state index contributed by atoms with van der Waals surface area (Å²) >= 11 is 13.1. The van der Waals surface area contributed by atoms with Crippen LogP contribution in [0.5, 0.6) is 0 Å². The summed E-state index contributed by atoms with van der Waals surface area (Å²) in [4.78, 5) is 31.1. The molecule has 1 aromatic heterocycles. The molecule has 1 aliphatic heterocycles. The topological polar surface area (TPSA) is 74.9 Å². The zero-order chi connectivity index (χ0) is 24.7. The van der Waals surface area contributed by atoms with Crippen molar-refractivity contribution in [3.8, 4) is 0 Å². The van der Waals surface area contributed by atoms with Gasteiger partial charge in [0.05, 0.1) is 27.7 Å². The number of benzene rings is 2. The Hall–Kier alpha value is -2.90. The Morgan fingerprint density at radius 3 is 2.66 bits per heavy atom. The summed E-state index contributed by atoms with van der Waals surface area (Å²) in [5.41, 5.74) is 0.339. The van der Waals surface area contributed by atoms with E-state index < -0.39 is 17.2 Å². The molecule has 1 N–H and O–H groups in total. The van der Waals surface area contributed by atoms with Crippen LogP contribution in [0.4, 0.5) is 10.1 Å². The molecule has 0 amide bonds. The van der Waals surface area contributed by atoms with Crippen LogP contribution in [-0.2, 0) is 0 Å². The third-order valence-corrected chi connectivity index (χ3v) is 7.35. The van der Waals surface area contributed by atoms with Crippen molar-refractivity contribution in [2.75, 3.05) is 18.0 Å². The number of halogens is 3. The summed E-state index contributed by atoms with van der Waals surface area (Å²) in [6.45, 7) is 1.06. The first kappa shape index (κ1) is 23.8. The molecule has 182 valence electrons. The highest BCUT2D eigenvalue weighted by Crippen LogP contribution is 2.42. The van der Waals surface area contributed by atoms with Crippen LogP contribution < -0.4 is 10.3 Å². The quantitative estimate of drug-likeness (QED) is 0.425. The molecule has 5 rings (SSSR count). The van der Waals surface area contributed by atoms with E-state index in [0.29, 0.717) is 23.6 Å². The number of pyridine rings is 1. The molecule has 1 saturated heterocycles. The van der Waals surface area contributed by atoms with Crippen LogP contribution in [0.3, 0.4) is 0 Å². The molecule has 3 aromatic rings. The number of carboxylic acid groups (broad SMARTS) is 1. The third-order valence-electron chi connectivity index (χ3n) is 6.65. The molecule has 2 heterocycles. The monoisotopic (exact) mass is 515 g/mol. The summed E-state index contributed by atoms with van der Waals surface area (Å²) in [7, 11) is 0. The Bertz CT molecular complexity index is 1400. The smallest absolute Gasteiger partial charge is 0.341 e. The van der Waals surface area contributed by atoms with E-state index in [1.54, 1.807) is 10.8 Å². The summed E-state index contributed by atoms with van der Waals surface area (Å²) in [5.74, 6) is -1.97. The summed E-state index contributed by atoms with van der Waals surface area (Å²) in [6.07, 6.45) is 7.43. The molecule has 1 saturated carbocycles. The lowest BCUT2D eigenvalue weighted by Crippen LogP contribution is -2.31. The second-order valence-electron chi connectivity index (χ2n) is 9.13. The van der Waals surface area contributed by atoms with Gasteiger partial charge < -0.3 is 14.6 Å². The van der Waals surface area contributed by atoms with Crippen LogP contribution in [0, 0.1) is 5.82 Å². The minimum absolute atomic E-state index is 0.00818. The highest BCUT2D eigenvalue weighted by molar-refractivity contribution is 6.38. The molecule has 6 nitrogen and oxygen atoms in total. The first-order valence-electron chi connectivity index (χ1n) is 11.7. The number of aromatic nitrogens is 1. The zero-order valence-electron chi connectivity index (χ0n) is 18.9. The van der Waals surface area contributed by atoms with Gasteiger partial charge in [-0.3, -0.25) is 9.79 Å². The predicted molar refractivity (Wildman–Crippen MR) is 137 cm³/mol. The molecule has 1 atom stereocenters. The van der Waals surface area contributed by atoms with E-state index in [2.05, 4.69) is 0 Å². The van der Waals surface area contributed by atoms with Gasteiger partial charge in [0.2, 0.25) is 5.43 Å². The van der Waals surface area contributed by atoms with Crippen LogP contribution in [-0.4, -0.2) is 41.0 Å². The molecule has 0 unspecified atom stereocenters. The van der Waals surface area contributed by atoms with Gasteiger partial charge in [-0.25, -0.2) is 9.18 Å². The summed E-state index contributed by atoms with van der Waals surface area (Å²) in [5, 5.41) is 10.2. The van der Waals surface area contributed by atoms with Crippen molar-refractivity contribution in [3.63, 3.8) is 0 Å². The lowest BCUT2D eigenvalue weighted by molar-refractivity contribution is 0.0695. The van der Waals surface area contributed by atoms with Crippen molar-refractivity contribution in [2.45, 2.75) is 44.2 Å². The van der Waals surface area contributed by atoms with Crippen LogP contribution in [0.2, 0.25) is 10.0 Å². The van der Waals surface area contributed by atoms with Gasteiger partial charge in [0.1, 0.15) is 11.4 Å². The van der Waals surface area contributed by atoms with Gasteiger partial charge in [-0.05, 0) is 44.2 Å². The predicted octanol–water partition coefficient (Wildman–Crippen LogP) is 5.96. The number of aromatic carboxylic acids is 1. The molecular formula is C26H24Cl2FN3O3. The standard InChI is InChI=1S/C26H24Cl2FN3O3/c27-20-7-2-1-5-15(20)12-30-16-6-3-4-10-31(13-16)24-21(29)11-18-23(22(24)28)32(17-8-9-17)14-19(25(18)33)26(34)35/h1-2,5,7,11-12,14,16-17H,3-4,6,8-10,13H2,(H,34,35)/b30-12+/t16-/m1/s1. The first-order chi connectivity index (χ1) is 16.8. The van der Waals surface area contributed by atoms with Crippen LogP contribution in [0.15, 0.2) is 46.3 Å². The second-order valence-corrected chi connectivity index (χ2v) is 9.91. The van der Waals surface area contributed by atoms with E-state index in [-0.39, 0.29) is 33.7 Å². The van der Waals surface area contributed by atoms with Gasteiger partial charge in [0, 0.05) is 42.1 Å². The maximum Gasteiger partial charge on any atom is 0.341 e. The minimum Gasteiger partial charge on any atom is -0.477 e. The molecule has 2 aromatic carbocycles. The van der Waals surface area contributed by atoms with E-state index in [1.165, 1.54) is 6.20 Å². The molecule has 35 heavy (non-hydrogen) atoms. The van der Waals surface area contributed by atoms with Crippen LogP contribution >= 0.6 is 23.2 Å². The van der Waals surface area contributed by atoms with Crippen LogP contribution in [0.25, 0.3) is 10.9 Å². The number of rotatable bonds is 5. The molecule has 2 aliphatic rings. The van der Waals surface area contributed by atoms with Crippen LogP contribution in [0.1, 0.15) is 54.1 Å². The fourth-order valence-corrected chi connectivity index (χ4v) is 5.32. The average molecular weight is 516 g/mol. The van der Waals surface area contributed by atoms with Crippen molar-refractivity contribution in [1.29, 1.82) is 0 Å². The Labute approximate surface area is 211 Å². The number of aliphatic imine (C=N–C) groups is 1. The zero-order valence-corrected chi connectivity index (χ0v) is 20.4. The highest BCUT2D eigenvalue weighted by Gasteiger charge is 2.31.